The van der Waals surface area contributed by atoms with Gasteiger partial charge in [-0.1, -0.05) is 64.2 Å². The summed E-state index contributed by atoms with van der Waals surface area (Å²) in [5.41, 5.74) is 0.440. The van der Waals surface area contributed by atoms with Gasteiger partial charge >= 0.3 is 5.97 Å². The van der Waals surface area contributed by atoms with Crippen LogP contribution in [0.2, 0.25) is 0 Å². The van der Waals surface area contributed by atoms with Gasteiger partial charge < -0.3 is 9.30 Å². The van der Waals surface area contributed by atoms with Crippen molar-refractivity contribution in [3.8, 4) is 0 Å². The molecule has 1 aliphatic carbocycles. The number of imidazole rings is 1. The van der Waals surface area contributed by atoms with Crippen LogP contribution in [0.4, 0.5) is 0 Å². The van der Waals surface area contributed by atoms with E-state index in [2.05, 4.69) is 9.55 Å². The van der Waals surface area contributed by atoms with Crippen molar-refractivity contribution in [2.24, 2.45) is 0 Å². The first-order valence-electron chi connectivity index (χ1n) is 9.52. The Bertz CT molecular complexity index is 442. The van der Waals surface area contributed by atoms with Gasteiger partial charge in [-0.3, -0.25) is 0 Å². The first kappa shape index (κ1) is 18.0. The molecule has 0 N–H and O–H groups in total. The molecule has 0 bridgehead atoms. The van der Waals surface area contributed by atoms with E-state index in [-0.39, 0.29) is 5.97 Å². The van der Waals surface area contributed by atoms with E-state index < -0.39 is 0 Å². The van der Waals surface area contributed by atoms with Crippen molar-refractivity contribution in [3.05, 3.63) is 18.2 Å². The van der Waals surface area contributed by atoms with E-state index in [1.807, 2.05) is 19.4 Å². The predicted molar refractivity (Wildman–Crippen MR) is 92.6 cm³/mol. The topological polar surface area (TPSA) is 44.1 Å². The molecule has 4 heteroatoms. The van der Waals surface area contributed by atoms with Crippen LogP contribution in [0.25, 0.3) is 0 Å². The highest BCUT2D eigenvalue weighted by molar-refractivity contribution is 5.86. The van der Waals surface area contributed by atoms with Gasteiger partial charge in [-0.2, -0.15) is 0 Å². The van der Waals surface area contributed by atoms with E-state index in [4.69, 9.17) is 4.74 Å². The van der Waals surface area contributed by atoms with Crippen molar-refractivity contribution in [1.29, 1.82) is 0 Å². The molecule has 1 fully saturated rings. The van der Waals surface area contributed by atoms with Crippen molar-refractivity contribution < 1.29 is 9.53 Å². The van der Waals surface area contributed by atoms with Gasteiger partial charge in [0.15, 0.2) is 5.69 Å². The van der Waals surface area contributed by atoms with Gasteiger partial charge in [-0.05, 0) is 19.8 Å². The fourth-order valence-corrected chi connectivity index (χ4v) is 3.46. The van der Waals surface area contributed by atoms with Crippen LogP contribution in [-0.2, 0) is 4.74 Å². The summed E-state index contributed by atoms with van der Waals surface area (Å²) in [5, 5.41) is 0. The highest BCUT2D eigenvalue weighted by atomic mass is 16.5. The molecule has 0 aliphatic heterocycles. The molecule has 1 aliphatic rings. The van der Waals surface area contributed by atoms with Crippen LogP contribution in [0.15, 0.2) is 12.5 Å². The number of rotatable bonds is 3. The van der Waals surface area contributed by atoms with Crippen LogP contribution < -0.4 is 0 Å². The highest BCUT2D eigenvalue weighted by Crippen LogP contribution is 2.25. The smallest absolute Gasteiger partial charge is 0.358 e. The maximum absolute atomic E-state index is 11.8. The van der Waals surface area contributed by atoms with E-state index >= 15 is 0 Å². The maximum atomic E-state index is 11.8. The minimum Gasteiger partial charge on any atom is -0.461 e. The number of carbonyl (C=O) groups excluding carboxylic acids is 1. The monoisotopic (exact) mass is 320 g/mol. The van der Waals surface area contributed by atoms with Crippen molar-refractivity contribution in [2.75, 3.05) is 6.61 Å². The van der Waals surface area contributed by atoms with Crippen molar-refractivity contribution in [1.82, 2.24) is 9.55 Å². The molecule has 1 aromatic heterocycles. The number of esters is 1. The van der Waals surface area contributed by atoms with Gasteiger partial charge in [0.25, 0.3) is 0 Å². The van der Waals surface area contributed by atoms with Gasteiger partial charge in [-0.15, -0.1) is 0 Å². The molecular formula is C19H32N2O2. The Hall–Kier alpha value is -1.32. The fourth-order valence-electron chi connectivity index (χ4n) is 3.46. The SMILES string of the molecule is CCOC(=O)c1cn(C2CCCCCCCCCCCC2)cn1. The fraction of sp³-hybridized carbons (Fsp3) is 0.789. The van der Waals surface area contributed by atoms with Gasteiger partial charge in [0.1, 0.15) is 0 Å². The average molecular weight is 320 g/mol. The highest BCUT2D eigenvalue weighted by Gasteiger charge is 2.15. The Kier molecular flexibility index (Phi) is 8.19. The Balaban J connectivity index is 1.94. The van der Waals surface area contributed by atoms with Crippen LogP contribution in [-0.4, -0.2) is 22.1 Å². The number of hydrogen-bond donors (Lipinski definition) is 0. The Morgan fingerprint density at radius 3 is 2.09 bits per heavy atom. The summed E-state index contributed by atoms with van der Waals surface area (Å²) >= 11 is 0. The zero-order valence-corrected chi connectivity index (χ0v) is 14.6. The van der Waals surface area contributed by atoms with Crippen LogP contribution in [0, 0.1) is 0 Å². The first-order chi connectivity index (χ1) is 11.3. The van der Waals surface area contributed by atoms with E-state index in [9.17, 15) is 4.79 Å². The summed E-state index contributed by atoms with van der Waals surface area (Å²) in [4.78, 5) is 16.0. The van der Waals surface area contributed by atoms with Gasteiger partial charge in [-0.25, -0.2) is 9.78 Å². The standard InChI is InChI=1S/C19H32N2O2/c1-2-23-19(22)18-15-21(16-20-18)17-13-11-9-7-5-3-4-6-8-10-12-14-17/h15-17H,2-14H2,1H3. The molecule has 1 saturated carbocycles. The molecule has 0 radical (unpaired) electrons. The molecule has 130 valence electrons. The second-order valence-electron chi connectivity index (χ2n) is 6.69. The quantitative estimate of drug-likeness (QED) is 0.710. The largest absolute Gasteiger partial charge is 0.461 e. The minimum atomic E-state index is -0.309. The third-order valence-corrected chi connectivity index (χ3v) is 4.83. The third kappa shape index (κ3) is 6.36. The molecule has 2 rings (SSSR count). The van der Waals surface area contributed by atoms with Crippen LogP contribution >= 0.6 is 0 Å². The molecule has 0 amide bonds. The molecule has 0 aromatic carbocycles. The van der Waals surface area contributed by atoms with Crippen LogP contribution in [0.1, 0.15) is 101 Å². The molecule has 0 saturated heterocycles. The molecule has 1 heterocycles. The maximum Gasteiger partial charge on any atom is 0.358 e. The number of carbonyl (C=O) groups is 1. The summed E-state index contributed by atoms with van der Waals surface area (Å²) in [7, 11) is 0. The summed E-state index contributed by atoms with van der Waals surface area (Å²) in [6.45, 7) is 2.22. The zero-order valence-electron chi connectivity index (χ0n) is 14.6. The van der Waals surface area contributed by atoms with Gasteiger partial charge in [0, 0.05) is 12.2 Å². The zero-order chi connectivity index (χ0) is 16.3. The average Bonchev–Trinajstić information content (AvgIpc) is 3.04. The Morgan fingerprint density at radius 2 is 1.57 bits per heavy atom. The summed E-state index contributed by atoms with van der Waals surface area (Å²) in [5.74, 6) is -0.309. The van der Waals surface area contributed by atoms with E-state index in [1.54, 1.807) is 0 Å². The lowest BCUT2D eigenvalue weighted by molar-refractivity contribution is 0.0520. The lowest BCUT2D eigenvalue weighted by atomic mass is 10.0. The number of nitrogens with zero attached hydrogens (tertiary/aromatic N) is 2. The number of ether oxygens (including phenoxy) is 1. The molecule has 1 aromatic rings. The minimum absolute atomic E-state index is 0.309. The van der Waals surface area contributed by atoms with E-state index in [1.165, 1.54) is 77.0 Å². The second kappa shape index (κ2) is 10.5. The number of aromatic nitrogens is 2. The second-order valence-corrected chi connectivity index (χ2v) is 6.69. The van der Waals surface area contributed by atoms with Crippen molar-refractivity contribution >= 4 is 5.97 Å². The van der Waals surface area contributed by atoms with Crippen LogP contribution in [0.5, 0.6) is 0 Å². The Labute approximate surface area is 140 Å². The van der Waals surface area contributed by atoms with E-state index in [0.29, 0.717) is 18.3 Å². The molecule has 0 spiro atoms. The normalized spacial score (nSPS) is 19.3. The molecule has 23 heavy (non-hydrogen) atoms. The van der Waals surface area contributed by atoms with Gasteiger partial charge in [0.05, 0.1) is 12.9 Å². The summed E-state index contributed by atoms with van der Waals surface area (Å²) in [6, 6.07) is 0.478. The molecule has 4 nitrogen and oxygen atoms in total. The summed E-state index contributed by atoms with van der Waals surface area (Å²) in [6.07, 6.45) is 19.6. The molecular weight excluding hydrogens is 288 g/mol. The van der Waals surface area contributed by atoms with Crippen molar-refractivity contribution in [2.45, 2.75) is 90.0 Å². The predicted octanol–water partition coefficient (Wildman–Crippen LogP) is 5.30. The van der Waals surface area contributed by atoms with Crippen LogP contribution in [0.3, 0.4) is 0 Å². The molecule has 0 unspecified atom stereocenters. The third-order valence-electron chi connectivity index (χ3n) is 4.83. The van der Waals surface area contributed by atoms with Gasteiger partial charge in [0.2, 0.25) is 0 Å². The lowest BCUT2D eigenvalue weighted by Crippen LogP contribution is -2.08. The van der Waals surface area contributed by atoms with E-state index in [0.717, 1.165) is 0 Å². The van der Waals surface area contributed by atoms with Crippen molar-refractivity contribution in [3.63, 3.8) is 0 Å². The summed E-state index contributed by atoms with van der Waals surface area (Å²) < 4.78 is 7.18. The molecule has 0 atom stereocenters. The Morgan fingerprint density at radius 1 is 1.04 bits per heavy atom. The lowest BCUT2D eigenvalue weighted by Gasteiger charge is -2.18. The first-order valence-corrected chi connectivity index (χ1v) is 9.52. The number of hydrogen-bond acceptors (Lipinski definition) is 3.